The van der Waals surface area contributed by atoms with E-state index in [0.29, 0.717) is 34.6 Å². The third-order valence-corrected chi connectivity index (χ3v) is 7.36. The average Bonchev–Trinajstić information content (AvgIpc) is 3.08. The highest BCUT2D eigenvalue weighted by atomic mass is 16.5. The summed E-state index contributed by atoms with van der Waals surface area (Å²) in [6, 6.07) is 20.8. The van der Waals surface area contributed by atoms with E-state index < -0.39 is 17.6 Å². The fourth-order valence-corrected chi connectivity index (χ4v) is 4.61. The maximum atomic E-state index is 13.4. The van der Waals surface area contributed by atoms with Crippen LogP contribution in [0.25, 0.3) is 11.3 Å². The summed E-state index contributed by atoms with van der Waals surface area (Å²) in [5, 5.41) is 8.65. The minimum atomic E-state index is -0.806. The van der Waals surface area contributed by atoms with Crippen LogP contribution in [0.4, 0.5) is 16.3 Å². The average molecular weight is 653 g/mol. The normalized spacial score (nSPS) is 11.8. The van der Waals surface area contributed by atoms with E-state index in [1.54, 1.807) is 42.5 Å². The number of nitrogens with two attached hydrogens (primary N) is 2. The lowest BCUT2D eigenvalue weighted by Crippen LogP contribution is -2.34. The molecule has 0 aliphatic heterocycles. The summed E-state index contributed by atoms with van der Waals surface area (Å²) >= 11 is 0. The van der Waals surface area contributed by atoms with Gasteiger partial charge in [0.15, 0.2) is 5.82 Å². The summed E-state index contributed by atoms with van der Waals surface area (Å²) in [4.78, 5) is 59.6. The van der Waals surface area contributed by atoms with Crippen LogP contribution in [0.15, 0.2) is 88.8 Å². The van der Waals surface area contributed by atoms with Crippen LogP contribution in [0.1, 0.15) is 54.2 Å². The van der Waals surface area contributed by atoms with E-state index in [0.717, 1.165) is 17.5 Å². The van der Waals surface area contributed by atoms with Crippen LogP contribution in [0, 0.1) is 0 Å². The molecule has 13 nitrogen and oxygen atoms in total. The van der Waals surface area contributed by atoms with Gasteiger partial charge in [-0.15, -0.1) is 0 Å². The zero-order valence-electron chi connectivity index (χ0n) is 27.2. The molecule has 4 rings (SSSR count). The third-order valence-electron chi connectivity index (χ3n) is 7.36. The van der Waals surface area contributed by atoms with Gasteiger partial charge in [0.1, 0.15) is 19.0 Å². The summed E-state index contributed by atoms with van der Waals surface area (Å²) in [5.74, 6) is -0.654. The molecule has 0 fully saturated rings. The Labute approximate surface area is 278 Å². The Bertz CT molecular complexity index is 1840. The molecule has 0 unspecified atom stereocenters. The molecule has 3 aromatic carbocycles. The number of carbonyl (C=O) groups excluding carboxylic acids is 3. The van der Waals surface area contributed by atoms with E-state index in [1.807, 2.05) is 51.1 Å². The van der Waals surface area contributed by atoms with Gasteiger partial charge in [0.2, 0.25) is 5.91 Å². The minimum absolute atomic E-state index is 0.00760. The van der Waals surface area contributed by atoms with Crippen molar-refractivity contribution in [3.05, 3.63) is 112 Å². The van der Waals surface area contributed by atoms with Crippen LogP contribution in [-0.2, 0) is 29.2 Å². The molecule has 250 valence electrons. The second kappa shape index (κ2) is 16.5. The molecule has 0 radical (unpaired) electrons. The van der Waals surface area contributed by atoms with Crippen molar-refractivity contribution >= 4 is 35.2 Å². The van der Waals surface area contributed by atoms with E-state index in [9.17, 15) is 19.2 Å². The van der Waals surface area contributed by atoms with Gasteiger partial charge in [-0.2, -0.15) is 4.99 Å². The van der Waals surface area contributed by atoms with Crippen LogP contribution in [-0.4, -0.2) is 45.9 Å². The van der Waals surface area contributed by atoms with Crippen LogP contribution in [0.5, 0.6) is 0 Å². The lowest BCUT2D eigenvalue weighted by atomic mass is 10.1. The largest absolute Gasteiger partial charge is 0.443 e. The van der Waals surface area contributed by atoms with Gasteiger partial charge in [0, 0.05) is 41.5 Å². The first-order valence-electron chi connectivity index (χ1n) is 15.5. The van der Waals surface area contributed by atoms with Crippen molar-refractivity contribution < 1.29 is 19.1 Å². The lowest BCUT2D eigenvalue weighted by Gasteiger charge is -2.17. The number of amides is 3. The lowest BCUT2D eigenvalue weighted by molar-refractivity contribution is -0.121. The minimum Gasteiger partial charge on any atom is -0.443 e. The maximum Gasteiger partial charge on any atom is 0.435 e. The highest BCUT2D eigenvalue weighted by Gasteiger charge is 2.18. The van der Waals surface area contributed by atoms with Crippen LogP contribution in [0.2, 0.25) is 0 Å². The smallest absolute Gasteiger partial charge is 0.435 e. The zero-order valence-corrected chi connectivity index (χ0v) is 27.2. The van der Waals surface area contributed by atoms with Crippen LogP contribution in [0.3, 0.4) is 0 Å². The monoisotopic (exact) mass is 652 g/mol. The van der Waals surface area contributed by atoms with E-state index in [-0.39, 0.29) is 43.3 Å². The molecule has 1 aromatic heterocycles. The van der Waals surface area contributed by atoms with E-state index >= 15 is 0 Å². The first kappa shape index (κ1) is 34.9. The molecular formula is C35H40N8O5. The number of ether oxygens (including phenoxy) is 1. The fraction of sp³-hybridized carbons (Fsp3) is 0.257. The molecule has 0 saturated carbocycles. The molecule has 1 atom stereocenters. The van der Waals surface area contributed by atoms with E-state index in [2.05, 4.69) is 25.9 Å². The molecule has 0 saturated heterocycles. The molecule has 13 heteroatoms. The topological polar surface area (TPSA) is 196 Å². The molecule has 1 heterocycles. The number of nitrogens with zero attached hydrogens (tertiary/aromatic N) is 3. The van der Waals surface area contributed by atoms with Crippen molar-refractivity contribution in [1.82, 2.24) is 20.2 Å². The number of carbonyl (C=O) groups is 3. The highest BCUT2D eigenvalue weighted by Crippen LogP contribution is 2.23. The Hall–Kier alpha value is -5.98. The molecule has 48 heavy (non-hydrogen) atoms. The Morgan fingerprint density at radius 1 is 0.979 bits per heavy atom. The first-order valence-corrected chi connectivity index (χ1v) is 15.5. The number of aliphatic imine (C=N–C) groups is 1. The van der Waals surface area contributed by atoms with E-state index in [4.69, 9.17) is 16.2 Å². The standard InChI is InChI=1S/C35H40N8O5/c1-4-22(3)41-33(45)27-15-26(16-28(36)17-27)29-19-40-32(38-5-2)34(46)43(29)20-30(44)39-18-23-11-13-25(14-12-23)31(37)42-35(47)48-21-24-9-7-6-8-10-24/h6-17,19,22H,4-5,18,20-21,36H2,1-3H3,(H,38,40)(H,39,44)(H,41,45)(H2,37,42,47)/t22-/m0/s1. The summed E-state index contributed by atoms with van der Waals surface area (Å²) < 4.78 is 6.45. The Morgan fingerprint density at radius 2 is 1.71 bits per heavy atom. The second-order valence-electron chi connectivity index (χ2n) is 11.1. The second-order valence-corrected chi connectivity index (χ2v) is 11.1. The number of nitrogens with one attached hydrogen (secondary N) is 3. The quantitative estimate of drug-likeness (QED) is 0.0810. The number of benzene rings is 3. The molecule has 4 aromatic rings. The first-order chi connectivity index (χ1) is 23.1. The Kier molecular flexibility index (Phi) is 12.0. The SMILES string of the molecule is CCNc1ncc(-c2cc(N)cc(C(=O)N[C@@H](C)CC)c2)n(CC(=O)NCc2ccc(C(N)=NC(=O)OCc3ccccc3)cc2)c1=O. The number of anilines is 2. The number of rotatable bonds is 13. The molecule has 0 spiro atoms. The van der Waals surface area contributed by atoms with Crippen LogP contribution >= 0.6 is 0 Å². The van der Waals surface area contributed by atoms with Gasteiger partial charge in [-0.3, -0.25) is 19.0 Å². The number of aromatic nitrogens is 2. The highest BCUT2D eigenvalue weighted by molar-refractivity contribution is 6.02. The van der Waals surface area contributed by atoms with Crippen molar-refractivity contribution in [3.8, 4) is 11.3 Å². The molecule has 0 bridgehead atoms. The summed E-state index contributed by atoms with van der Waals surface area (Å²) in [5.41, 5.74) is 15.2. The van der Waals surface area contributed by atoms with Gasteiger partial charge in [-0.05, 0) is 49.6 Å². The number of hydrogen-bond donors (Lipinski definition) is 5. The molecule has 3 amide bonds. The summed E-state index contributed by atoms with van der Waals surface area (Å²) in [7, 11) is 0. The third kappa shape index (κ3) is 9.52. The predicted molar refractivity (Wildman–Crippen MR) is 185 cm³/mol. The molecule has 0 aliphatic carbocycles. The Morgan fingerprint density at radius 3 is 2.40 bits per heavy atom. The van der Waals surface area contributed by atoms with Gasteiger partial charge in [0.05, 0.1) is 11.9 Å². The van der Waals surface area contributed by atoms with Crippen LogP contribution < -0.4 is 33.0 Å². The van der Waals surface area contributed by atoms with Crippen molar-refractivity contribution in [2.75, 3.05) is 17.6 Å². The van der Waals surface area contributed by atoms with Crippen molar-refractivity contribution in [2.45, 2.75) is 52.9 Å². The van der Waals surface area contributed by atoms with Gasteiger partial charge >= 0.3 is 6.09 Å². The van der Waals surface area contributed by atoms with Gasteiger partial charge in [0.25, 0.3) is 11.5 Å². The van der Waals surface area contributed by atoms with Crippen molar-refractivity contribution in [3.63, 3.8) is 0 Å². The number of nitrogen functional groups attached to an aromatic ring is 1. The van der Waals surface area contributed by atoms with E-state index in [1.165, 1.54) is 10.8 Å². The number of hydrogen-bond acceptors (Lipinski definition) is 8. The summed E-state index contributed by atoms with van der Waals surface area (Å²) in [6.45, 7) is 6.06. The molecular weight excluding hydrogens is 612 g/mol. The maximum absolute atomic E-state index is 13.4. The van der Waals surface area contributed by atoms with Crippen molar-refractivity contribution in [2.24, 2.45) is 10.7 Å². The molecule has 0 aliphatic rings. The predicted octanol–water partition coefficient (Wildman–Crippen LogP) is 3.81. The van der Waals surface area contributed by atoms with Gasteiger partial charge in [-0.25, -0.2) is 9.78 Å². The van der Waals surface area contributed by atoms with Gasteiger partial charge in [-0.1, -0.05) is 61.5 Å². The summed E-state index contributed by atoms with van der Waals surface area (Å²) in [6.07, 6.45) is 1.42. The van der Waals surface area contributed by atoms with Gasteiger partial charge < -0.3 is 32.2 Å². The molecule has 7 N–H and O–H groups in total. The fourth-order valence-electron chi connectivity index (χ4n) is 4.61. The Balaban J connectivity index is 1.46. The zero-order chi connectivity index (χ0) is 34.6. The number of amidine groups is 1. The van der Waals surface area contributed by atoms with Crippen molar-refractivity contribution in [1.29, 1.82) is 0 Å².